The summed E-state index contributed by atoms with van der Waals surface area (Å²) < 4.78 is 2.25. The van der Waals surface area contributed by atoms with Gasteiger partial charge in [-0.3, -0.25) is 0 Å². The van der Waals surface area contributed by atoms with E-state index < -0.39 is 0 Å². The summed E-state index contributed by atoms with van der Waals surface area (Å²) in [6, 6.07) is 0. The van der Waals surface area contributed by atoms with Gasteiger partial charge in [-0.05, 0) is 33.6 Å². The average Bonchev–Trinajstić information content (AvgIpc) is 2.55. The number of hydrogen-bond acceptors (Lipinski definition) is 2. The summed E-state index contributed by atoms with van der Waals surface area (Å²) in [5, 5.41) is 8.47. The SMILES string of the molecule is CC(C)(C)n1cnnc1C1CCCCCC1. The topological polar surface area (TPSA) is 30.7 Å². The fraction of sp³-hybridized carbons (Fsp3) is 0.846. The molecule has 90 valence electrons. The van der Waals surface area contributed by atoms with Crippen molar-refractivity contribution in [3.8, 4) is 0 Å². The number of hydrogen-bond donors (Lipinski definition) is 0. The van der Waals surface area contributed by atoms with Gasteiger partial charge in [-0.2, -0.15) is 0 Å². The van der Waals surface area contributed by atoms with E-state index in [2.05, 4.69) is 35.5 Å². The Balaban J connectivity index is 2.22. The van der Waals surface area contributed by atoms with E-state index in [1.807, 2.05) is 6.33 Å². The maximum atomic E-state index is 4.36. The smallest absolute Gasteiger partial charge is 0.136 e. The van der Waals surface area contributed by atoms with Gasteiger partial charge >= 0.3 is 0 Å². The van der Waals surface area contributed by atoms with Crippen molar-refractivity contribution in [3.63, 3.8) is 0 Å². The Morgan fingerprint density at radius 1 is 1.12 bits per heavy atom. The Kier molecular flexibility index (Phi) is 3.31. The van der Waals surface area contributed by atoms with Crippen LogP contribution in [0.2, 0.25) is 0 Å². The third kappa shape index (κ3) is 2.45. The van der Waals surface area contributed by atoms with E-state index in [0.29, 0.717) is 5.92 Å². The Morgan fingerprint density at radius 2 is 1.75 bits per heavy atom. The molecular weight excluding hydrogens is 198 g/mol. The van der Waals surface area contributed by atoms with Crippen molar-refractivity contribution >= 4 is 0 Å². The van der Waals surface area contributed by atoms with E-state index in [1.54, 1.807) is 0 Å². The minimum absolute atomic E-state index is 0.102. The van der Waals surface area contributed by atoms with Crippen LogP contribution in [-0.4, -0.2) is 14.8 Å². The van der Waals surface area contributed by atoms with Crippen LogP contribution >= 0.6 is 0 Å². The first kappa shape index (κ1) is 11.6. The fourth-order valence-corrected chi connectivity index (χ4v) is 2.58. The van der Waals surface area contributed by atoms with Crippen LogP contribution in [0.3, 0.4) is 0 Å². The van der Waals surface area contributed by atoms with Crippen molar-refractivity contribution in [1.82, 2.24) is 14.8 Å². The number of rotatable bonds is 1. The lowest BCUT2D eigenvalue weighted by Crippen LogP contribution is -2.24. The van der Waals surface area contributed by atoms with E-state index in [0.717, 1.165) is 0 Å². The summed E-state index contributed by atoms with van der Waals surface area (Å²) in [4.78, 5) is 0. The van der Waals surface area contributed by atoms with Crippen LogP contribution in [0, 0.1) is 0 Å². The third-order valence-corrected chi connectivity index (χ3v) is 3.52. The Bertz CT molecular complexity index is 327. The summed E-state index contributed by atoms with van der Waals surface area (Å²) >= 11 is 0. The van der Waals surface area contributed by atoms with Gasteiger partial charge in [-0.1, -0.05) is 25.7 Å². The predicted molar refractivity (Wildman–Crippen MR) is 65.5 cm³/mol. The minimum atomic E-state index is 0.102. The monoisotopic (exact) mass is 221 g/mol. The molecule has 3 nitrogen and oxygen atoms in total. The second kappa shape index (κ2) is 4.56. The Hall–Kier alpha value is -0.860. The largest absolute Gasteiger partial charge is 0.312 e. The summed E-state index contributed by atoms with van der Waals surface area (Å²) in [6.07, 6.45) is 9.94. The van der Waals surface area contributed by atoms with Gasteiger partial charge in [0.15, 0.2) is 0 Å². The molecule has 0 amide bonds. The average molecular weight is 221 g/mol. The van der Waals surface area contributed by atoms with Gasteiger partial charge in [0.25, 0.3) is 0 Å². The predicted octanol–water partition coefficient (Wildman–Crippen LogP) is 3.47. The highest BCUT2D eigenvalue weighted by atomic mass is 15.3. The molecule has 0 unspecified atom stereocenters. The highest BCUT2D eigenvalue weighted by molar-refractivity contribution is 5.00. The lowest BCUT2D eigenvalue weighted by atomic mass is 9.98. The van der Waals surface area contributed by atoms with Crippen LogP contribution in [0.5, 0.6) is 0 Å². The van der Waals surface area contributed by atoms with E-state index in [4.69, 9.17) is 0 Å². The van der Waals surface area contributed by atoms with Crippen molar-refractivity contribution < 1.29 is 0 Å². The first-order valence-corrected chi connectivity index (χ1v) is 6.49. The van der Waals surface area contributed by atoms with Crippen LogP contribution in [0.1, 0.15) is 71.0 Å². The fourth-order valence-electron chi connectivity index (χ4n) is 2.58. The van der Waals surface area contributed by atoms with Gasteiger partial charge in [0, 0.05) is 11.5 Å². The zero-order valence-electron chi connectivity index (χ0n) is 10.7. The summed E-state index contributed by atoms with van der Waals surface area (Å²) in [6.45, 7) is 6.66. The second-order valence-corrected chi connectivity index (χ2v) is 5.92. The molecule has 1 aliphatic carbocycles. The molecule has 0 spiro atoms. The van der Waals surface area contributed by atoms with Crippen LogP contribution in [0.15, 0.2) is 6.33 Å². The normalized spacial score (nSPS) is 19.7. The molecule has 1 aromatic rings. The molecule has 3 heteroatoms. The van der Waals surface area contributed by atoms with Crippen molar-refractivity contribution in [2.45, 2.75) is 70.8 Å². The zero-order chi connectivity index (χ0) is 11.6. The first-order valence-electron chi connectivity index (χ1n) is 6.49. The standard InChI is InChI=1S/C13H23N3/c1-13(2,3)16-10-14-15-12(16)11-8-6-4-5-7-9-11/h10-11H,4-9H2,1-3H3. The quantitative estimate of drug-likeness (QED) is 0.680. The molecule has 1 aliphatic rings. The molecule has 1 aromatic heterocycles. The van der Waals surface area contributed by atoms with E-state index in [-0.39, 0.29) is 5.54 Å². The lowest BCUT2D eigenvalue weighted by Gasteiger charge is -2.25. The van der Waals surface area contributed by atoms with Crippen LogP contribution < -0.4 is 0 Å². The van der Waals surface area contributed by atoms with Crippen molar-refractivity contribution in [2.75, 3.05) is 0 Å². The molecule has 1 heterocycles. The molecular formula is C13H23N3. The van der Waals surface area contributed by atoms with Crippen LogP contribution in [-0.2, 0) is 5.54 Å². The number of aromatic nitrogens is 3. The molecule has 0 bridgehead atoms. The van der Waals surface area contributed by atoms with E-state index in [9.17, 15) is 0 Å². The van der Waals surface area contributed by atoms with Crippen molar-refractivity contribution in [2.24, 2.45) is 0 Å². The molecule has 1 saturated carbocycles. The van der Waals surface area contributed by atoms with Gasteiger partial charge in [0.1, 0.15) is 12.2 Å². The van der Waals surface area contributed by atoms with Crippen LogP contribution in [0.25, 0.3) is 0 Å². The number of nitrogens with zero attached hydrogens (tertiary/aromatic N) is 3. The molecule has 2 rings (SSSR count). The maximum Gasteiger partial charge on any atom is 0.136 e. The van der Waals surface area contributed by atoms with Gasteiger partial charge < -0.3 is 4.57 Å². The maximum absolute atomic E-state index is 4.36. The van der Waals surface area contributed by atoms with E-state index in [1.165, 1.54) is 44.3 Å². The Labute approximate surface area is 98.3 Å². The highest BCUT2D eigenvalue weighted by Crippen LogP contribution is 2.32. The molecule has 0 atom stereocenters. The van der Waals surface area contributed by atoms with Gasteiger partial charge in [-0.15, -0.1) is 10.2 Å². The van der Waals surface area contributed by atoms with Crippen molar-refractivity contribution in [3.05, 3.63) is 12.2 Å². The lowest BCUT2D eigenvalue weighted by molar-refractivity contribution is 0.364. The first-order chi connectivity index (χ1) is 7.59. The summed E-state index contributed by atoms with van der Waals surface area (Å²) in [5.41, 5.74) is 0.102. The van der Waals surface area contributed by atoms with E-state index >= 15 is 0 Å². The van der Waals surface area contributed by atoms with Gasteiger partial charge in [0.05, 0.1) is 0 Å². The molecule has 0 aliphatic heterocycles. The highest BCUT2D eigenvalue weighted by Gasteiger charge is 2.24. The molecule has 1 fully saturated rings. The molecule has 16 heavy (non-hydrogen) atoms. The minimum Gasteiger partial charge on any atom is -0.312 e. The summed E-state index contributed by atoms with van der Waals surface area (Å²) in [7, 11) is 0. The van der Waals surface area contributed by atoms with Crippen molar-refractivity contribution in [1.29, 1.82) is 0 Å². The molecule has 0 radical (unpaired) electrons. The van der Waals surface area contributed by atoms with Gasteiger partial charge in [-0.25, -0.2) is 0 Å². The molecule has 0 aromatic carbocycles. The van der Waals surface area contributed by atoms with Crippen LogP contribution in [0.4, 0.5) is 0 Å². The third-order valence-electron chi connectivity index (χ3n) is 3.52. The second-order valence-electron chi connectivity index (χ2n) is 5.92. The molecule has 0 saturated heterocycles. The summed E-state index contributed by atoms with van der Waals surface area (Å²) in [5.74, 6) is 1.83. The molecule has 0 N–H and O–H groups in total. The van der Waals surface area contributed by atoms with Gasteiger partial charge in [0.2, 0.25) is 0 Å². The Morgan fingerprint density at radius 3 is 2.31 bits per heavy atom. The zero-order valence-corrected chi connectivity index (χ0v) is 10.7.